The third kappa shape index (κ3) is 9.80. The molecule has 8 rings (SSSR count). The van der Waals surface area contributed by atoms with Gasteiger partial charge in [0, 0.05) is 48.3 Å². The Morgan fingerprint density at radius 1 is 0.913 bits per heavy atom. The van der Waals surface area contributed by atoms with Gasteiger partial charge in [-0.15, -0.1) is 0 Å². The molecular weight excluding hydrogens is 886 g/mol. The number of nitrogens with zero attached hydrogens (tertiary/aromatic N) is 4. The number of imide groups is 2. The summed E-state index contributed by atoms with van der Waals surface area (Å²) in [5.41, 5.74) is 2.81. The summed E-state index contributed by atoms with van der Waals surface area (Å²) >= 11 is 0. The van der Waals surface area contributed by atoms with Crippen molar-refractivity contribution in [3.05, 3.63) is 123 Å². The van der Waals surface area contributed by atoms with Gasteiger partial charge in [-0.25, -0.2) is 14.4 Å². The van der Waals surface area contributed by atoms with Crippen LogP contribution in [-0.4, -0.2) is 67.5 Å². The number of carbonyl (C=O) groups is 6. The number of hydrogen-bond acceptors (Lipinski definition) is 11. The highest BCUT2D eigenvalue weighted by atomic mass is 19.1. The van der Waals surface area contributed by atoms with Crippen molar-refractivity contribution in [2.45, 2.75) is 98.1 Å². The SMILES string of the molecule is CCCC(C)C(C)n1cc(C(=O)Nc2ccc(Oc3ncnc4cc(OCCCCC(=O)Nc5cccc6c5C(=O)N(C5CCC(=O)NC5=O)C6=O)c(C)cc34)c(F)c2)c(=O)c2cc(CC)ccc21. The zero-order valence-electron chi connectivity index (χ0n) is 38.9. The number of amides is 6. The number of halogens is 1. The number of rotatable bonds is 17. The van der Waals surface area contributed by atoms with E-state index in [-0.39, 0.29) is 83.4 Å². The van der Waals surface area contributed by atoms with Crippen molar-refractivity contribution in [3.63, 3.8) is 0 Å². The molecule has 3 unspecified atom stereocenters. The second kappa shape index (κ2) is 20.2. The van der Waals surface area contributed by atoms with Crippen molar-refractivity contribution in [3.8, 4) is 17.4 Å². The lowest BCUT2D eigenvalue weighted by Crippen LogP contribution is -2.54. The minimum atomic E-state index is -1.12. The molecule has 2 aliphatic rings. The van der Waals surface area contributed by atoms with E-state index >= 15 is 4.39 Å². The van der Waals surface area contributed by atoms with Gasteiger partial charge in [0.2, 0.25) is 29.0 Å². The standard InChI is InChI=1S/C52H52FN7O9/c1-6-11-28(3)30(5)59-26-36(47(63)35-23-31(7-2)15-17-40(35)59)48(64)56-32-16-19-42(37(53)24-32)69-50-34-22-29(4)43(25-39(34)54-27-55-50)68-21-9-8-14-44(61)57-38-13-10-12-33-46(38)52(67)60(51(33)66)41-18-20-45(62)58-49(41)65/h10,12-13,15-17,19,22-28,30,41H,6-9,11,14,18,20-21H2,1-5H3,(H,56,64)(H,57,61)(H,58,62,65). The second-order valence-corrected chi connectivity index (χ2v) is 17.5. The van der Waals surface area contributed by atoms with Crippen molar-refractivity contribution < 1.29 is 42.6 Å². The average molecular weight is 938 g/mol. The first kappa shape index (κ1) is 47.7. The van der Waals surface area contributed by atoms with Crippen molar-refractivity contribution in [1.29, 1.82) is 0 Å². The van der Waals surface area contributed by atoms with Crippen molar-refractivity contribution >= 4 is 68.6 Å². The summed E-state index contributed by atoms with van der Waals surface area (Å²) in [5.74, 6) is -3.65. The molecule has 356 valence electrons. The molecule has 0 radical (unpaired) electrons. The maximum Gasteiger partial charge on any atom is 0.264 e. The Bertz CT molecular complexity index is 3130. The highest BCUT2D eigenvalue weighted by molar-refractivity contribution is 6.26. The summed E-state index contributed by atoms with van der Waals surface area (Å²) in [4.78, 5) is 101. The van der Waals surface area contributed by atoms with Gasteiger partial charge in [0.15, 0.2) is 11.6 Å². The Morgan fingerprint density at radius 2 is 1.72 bits per heavy atom. The molecule has 4 heterocycles. The van der Waals surface area contributed by atoms with E-state index in [9.17, 15) is 33.6 Å². The lowest BCUT2D eigenvalue weighted by molar-refractivity contribution is -0.136. The smallest absolute Gasteiger partial charge is 0.264 e. The van der Waals surface area contributed by atoms with Gasteiger partial charge in [-0.1, -0.05) is 39.3 Å². The Kier molecular flexibility index (Phi) is 13.9. The van der Waals surface area contributed by atoms with Gasteiger partial charge in [-0.3, -0.25) is 43.8 Å². The summed E-state index contributed by atoms with van der Waals surface area (Å²) in [7, 11) is 0. The van der Waals surface area contributed by atoms with Crippen LogP contribution >= 0.6 is 0 Å². The normalized spacial score (nSPS) is 15.5. The van der Waals surface area contributed by atoms with E-state index in [1.165, 1.54) is 36.7 Å². The maximum atomic E-state index is 15.7. The molecule has 17 heteroatoms. The molecule has 0 saturated carbocycles. The number of aryl methyl sites for hydroxylation is 2. The van der Waals surface area contributed by atoms with Crippen LogP contribution in [0.3, 0.4) is 0 Å². The number of piperidine rings is 1. The van der Waals surface area contributed by atoms with Crippen molar-refractivity contribution in [2.24, 2.45) is 5.92 Å². The fourth-order valence-electron chi connectivity index (χ4n) is 8.86. The molecule has 1 saturated heterocycles. The molecule has 2 aliphatic heterocycles. The number of hydrogen-bond donors (Lipinski definition) is 3. The third-order valence-corrected chi connectivity index (χ3v) is 12.8. The predicted octanol–water partition coefficient (Wildman–Crippen LogP) is 8.59. The van der Waals surface area contributed by atoms with Crippen LogP contribution in [0.1, 0.15) is 121 Å². The minimum Gasteiger partial charge on any atom is -0.493 e. The van der Waals surface area contributed by atoms with Crippen LogP contribution in [0.4, 0.5) is 15.8 Å². The number of benzene rings is 4. The zero-order chi connectivity index (χ0) is 49.1. The van der Waals surface area contributed by atoms with Crippen LogP contribution in [0.2, 0.25) is 0 Å². The van der Waals surface area contributed by atoms with E-state index in [1.807, 2.05) is 36.6 Å². The van der Waals surface area contributed by atoms with Gasteiger partial charge in [-0.2, -0.15) is 0 Å². The summed E-state index contributed by atoms with van der Waals surface area (Å²) in [6.45, 7) is 10.4. The topological polar surface area (TPSA) is 208 Å². The monoisotopic (exact) mass is 937 g/mol. The largest absolute Gasteiger partial charge is 0.493 e. The van der Waals surface area contributed by atoms with Crippen LogP contribution in [0.25, 0.3) is 21.8 Å². The number of carbonyl (C=O) groups excluding carboxylic acids is 6. The first-order valence-electron chi connectivity index (χ1n) is 23.2. The summed E-state index contributed by atoms with van der Waals surface area (Å²) in [6.07, 6.45) is 6.60. The fraction of sp³-hybridized carbons (Fsp3) is 0.327. The number of pyridine rings is 1. The fourth-order valence-corrected chi connectivity index (χ4v) is 8.86. The molecule has 0 bridgehead atoms. The maximum absolute atomic E-state index is 15.7. The van der Waals surface area contributed by atoms with E-state index in [2.05, 4.69) is 46.7 Å². The first-order chi connectivity index (χ1) is 33.2. The molecule has 1 fully saturated rings. The van der Waals surface area contributed by atoms with Gasteiger partial charge < -0.3 is 24.7 Å². The summed E-state index contributed by atoms with van der Waals surface area (Å²) < 4.78 is 29.7. The number of nitrogens with one attached hydrogen (secondary N) is 3. The number of fused-ring (bicyclic) bond motifs is 3. The molecule has 69 heavy (non-hydrogen) atoms. The number of unbranched alkanes of at least 4 members (excludes halogenated alkanes) is 1. The predicted molar refractivity (Wildman–Crippen MR) is 256 cm³/mol. The average Bonchev–Trinajstić information content (AvgIpc) is 3.58. The van der Waals surface area contributed by atoms with Crippen molar-refractivity contribution in [2.75, 3.05) is 17.2 Å². The summed E-state index contributed by atoms with van der Waals surface area (Å²) in [5, 5.41) is 8.54. The quantitative estimate of drug-likeness (QED) is 0.0583. The van der Waals surface area contributed by atoms with Crippen LogP contribution in [0.15, 0.2) is 84.0 Å². The van der Waals surface area contributed by atoms with E-state index in [1.54, 1.807) is 18.3 Å². The van der Waals surface area contributed by atoms with Crippen LogP contribution in [-0.2, 0) is 20.8 Å². The Hall–Kier alpha value is -7.82. The van der Waals surface area contributed by atoms with Gasteiger partial charge in [0.05, 0.1) is 39.8 Å². The number of anilines is 2. The Morgan fingerprint density at radius 3 is 2.48 bits per heavy atom. The highest BCUT2D eigenvalue weighted by Gasteiger charge is 2.45. The molecule has 3 atom stereocenters. The van der Waals surface area contributed by atoms with E-state index in [0.29, 0.717) is 34.9 Å². The molecule has 3 N–H and O–H groups in total. The first-order valence-corrected chi connectivity index (χ1v) is 23.2. The highest BCUT2D eigenvalue weighted by Crippen LogP contribution is 2.35. The third-order valence-electron chi connectivity index (χ3n) is 12.8. The molecule has 0 spiro atoms. The molecule has 4 aromatic carbocycles. The van der Waals surface area contributed by atoms with E-state index in [0.717, 1.165) is 46.9 Å². The minimum absolute atomic E-state index is 0.000716. The van der Waals surface area contributed by atoms with Crippen LogP contribution in [0, 0.1) is 18.7 Å². The zero-order valence-corrected chi connectivity index (χ0v) is 38.9. The Labute approximate surface area is 396 Å². The molecule has 2 aromatic heterocycles. The molecule has 6 aromatic rings. The lowest BCUT2D eigenvalue weighted by Gasteiger charge is -2.27. The van der Waals surface area contributed by atoms with Crippen LogP contribution < -0.4 is 30.9 Å². The molecule has 16 nitrogen and oxygen atoms in total. The lowest BCUT2D eigenvalue weighted by atomic mass is 9.96. The van der Waals surface area contributed by atoms with E-state index < -0.39 is 46.8 Å². The summed E-state index contributed by atoms with van der Waals surface area (Å²) in [6, 6.07) is 16.6. The van der Waals surface area contributed by atoms with Gasteiger partial charge in [0.1, 0.15) is 23.7 Å². The van der Waals surface area contributed by atoms with E-state index in [4.69, 9.17) is 9.47 Å². The van der Waals surface area contributed by atoms with Gasteiger partial charge in [-0.05, 0) is 105 Å². The van der Waals surface area contributed by atoms with Gasteiger partial charge in [0.25, 0.3) is 17.7 Å². The van der Waals surface area contributed by atoms with Crippen molar-refractivity contribution in [1.82, 2.24) is 24.8 Å². The Balaban J connectivity index is 0.877. The molecule has 0 aliphatic carbocycles. The molecular formula is C52H52FN7O9. The molecule has 6 amide bonds. The van der Waals surface area contributed by atoms with Crippen LogP contribution in [0.5, 0.6) is 17.4 Å². The van der Waals surface area contributed by atoms with Gasteiger partial charge >= 0.3 is 0 Å². The number of aromatic nitrogens is 3. The number of ether oxygens (including phenoxy) is 2. The second-order valence-electron chi connectivity index (χ2n) is 17.5.